The normalized spacial score (nSPS) is 15.1. The van der Waals surface area contributed by atoms with E-state index in [-0.39, 0.29) is 0 Å². The van der Waals surface area contributed by atoms with Gasteiger partial charge in [0, 0.05) is 35.5 Å². The van der Waals surface area contributed by atoms with Crippen molar-refractivity contribution in [2.75, 3.05) is 0 Å². The first-order valence-electron chi connectivity index (χ1n) is 5.44. The number of Topliss-reactive ketones (excluding diaryl/α,β-unsaturated/α-hetero) is 1. The summed E-state index contributed by atoms with van der Waals surface area (Å²) in [5, 5.41) is 3.08. The maximum absolute atomic E-state index is 11.7. The summed E-state index contributed by atoms with van der Waals surface area (Å²) in [6.45, 7) is 0.792. The van der Waals surface area contributed by atoms with Gasteiger partial charge in [-0.1, -0.05) is 0 Å². The fourth-order valence-electron chi connectivity index (χ4n) is 2.21. The highest BCUT2D eigenvalue weighted by Crippen LogP contribution is 2.23. The van der Waals surface area contributed by atoms with Gasteiger partial charge in [-0.15, -0.1) is 11.3 Å². The zero-order valence-corrected chi connectivity index (χ0v) is 9.67. The van der Waals surface area contributed by atoms with Crippen LogP contribution in [0.3, 0.4) is 0 Å². The first-order valence-corrected chi connectivity index (χ1v) is 6.32. The van der Waals surface area contributed by atoms with Crippen LogP contribution in [0.5, 0.6) is 0 Å². The van der Waals surface area contributed by atoms with Gasteiger partial charge in [0.15, 0.2) is 5.78 Å². The second kappa shape index (κ2) is 3.87. The Kier molecular flexibility index (Phi) is 2.36. The van der Waals surface area contributed by atoms with Crippen molar-refractivity contribution in [2.45, 2.75) is 25.8 Å². The van der Waals surface area contributed by atoms with E-state index in [0.29, 0.717) is 12.2 Å². The van der Waals surface area contributed by atoms with Gasteiger partial charge >= 0.3 is 0 Å². The van der Waals surface area contributed by atoms with Crippen LogP contribution in [0.1, 0.15) is 33.9 Å². The molecule has 4 heteroatoms. The van der Waals surface area contributed by atoms with Gasteiger partial charge in [-0.3, -0.25) is 4.79 Å². The van der Waals surface area contributed by atoms with Crippen LogP contribution in [0.25, 0.3) is 0 Å². The Morgan fingerprint density at radius 1 is 1.44 bits per heavy atom. The van der Waals surface area contributed by atoms with Gasteiger partial charge in [-0.2, -0.15) is 0 Å². The van der Waals surface area contributed by atoms with Gasteiger partial charge < -0.3 is 4.57 Å². The number of carbonyl (C=O) groups is 1. The Morgan fingerprint density at radius 2 is 2.38 bits per heavy atom. The number of hydrogen-bond donors (Lipinski definition) is 0. The summed E-state index contributed by atoms with van der Waals surface area (Å²) in [5.74, 6) is 0.291. The van der Waals surface area contributed by atoms with E-state index in [1.807, 2.05) is 23.8 Å². The number of hydrogen-bond acceptors (Lipinski definition) is 3. The van der Waals surface area contributed by atoms with Crippen molar-refractivity contribution in [3.63, 3.8) is 0 Å². The molecule has 0 saturated heterocycles. The van der Waals surface area contributed by atoms with E-state index in [2.05, 4.69) is 9.55 Å². The Hall–Kier alpha value is -1.42. The van der Waals surface area contributed by atoms with Crippen LogP contribution in [0, 0.1) is 0 Å². The molecule has 0 fully saturated rings. The number of carbonyl (C=O) groups excluding carboxylic acids is 1. The van der Waals surface area contributed by atoms with Gasteiger partial charge in [0.1, 0.15) is 5.01 Å². The lowest BCUT2D eigenvalue weighted by atomic mass is 9.97. The Balaban J connectivity index is 1.94. The molecule has 0 radical (unpaired) electrons. The van der Waals surface area contributed by atoms with Crippen LogP contribution in [-0.4, -0.2) is 15.3 Å². The quantitative estimate of drug-likeness (QED) is 0.797. The van der Waals surface area contributed by atoms with E-state index < -0.39 is 0 Å². The summed E-state index contributed by atoms with van der Waals surface area (Å²) < 4.78 is 2.16. The van der Waals surface area contributed by atoms with Crippen molar-refractivity contribution >= 4 is 17.1 Å². The molecule has 16 heavy (non-hydrogen) atoms. The first kappa shape index (κ1) is 9.78. The van der Waals surface area contributed by atoms with Gasteiger partial charge in [0.2, 0.25) is 0 Å². The topological polar surface area (TPSA) is 34.9 Å². The molecule has 3 nitrogen and oxygen atoms in total. The average Bonchev–Trinajstić information content (AvgIpc) is 2.90. The second-order valence-electron chi connectivity index (χ2n) is 4.01. The third kappa shape index (κ3) is 1.59. The lowest BCUT2D eigenvalue weighted by Crippen LogP contribution is -2.13. The summed E-state index contributed by atoms with van der Waals surface area (Å²) in [6.07, 6.45) is 6.53. The molecule has 82 valence electrons. The summed E-state index contributed by atoms with van der Waals surface area (Å²) in [4.78, 5) is 15.9. The number of thiazole rings is 1. The van der Waals surface area contributed by atoms with Crippen molar-refractivity contribution in [2.24, 2.45) is 0 Å². The van der Waals surface area contributed by atoms with Crippen LogP contribution < -0.4 is 0 Å². The molecule has 0 spiro atoms. The number of aromatic nitrogens is 2. The fraction of sp³-hybridized carbons (Fsp3) is 0.333. The molecule has 2 aromatic heterocycles. The van der Waals surface area contributed by atoms with E-state index in [0.717, 1.165) is 30.0 Å². The maximum atomic E-state index is 11.7. The predicted octanol–water partition coefficient (Wildman–Crippen LogP) is 2.51. The third-order valence-corrected chi connectivity index (χ3v) is 3.75. The Labute approximate surface area is 97.7 Å². The minimum absolute atomic E-state index is 0.291. The van der Waals surface area contributed by atoms with E-state index in [9.17, 15) is 4.79 Å². The maximum Gasteiger partial charge on any atom is 0.164 e. The molecule has 2 heterocycles. The molecular formula is C12H12N2OS. The van der Waals surface area contributed by atoms with Crippen molar-refractivity contribution in [3.05, 3.63) is 40.1 Å². The smallest absolute Gasteiger partial charge is 0.164 e. The van der Waals surface area contributed by atoms with Gasteiger partial charge in [-0.25, -0.2) is 4.98 Å². The molecule has 0 amide bonds. The van der Waals surface area contributed by atoms with E-state index in [1.54, 1.807) is 11.3 Å². The number of ketones is 1. The highest BCUT2D eigenvalue weighted by Gasteiger charge is 2.20. The molecule has 0 N–H and O–H groups in total. The molecular weight excluding hydrogens is 220 g/mol. The molecule has 0 aliphatic heterocycles. The Bertz CT molecular complexity index is 513. The van der Waals surface area contributed by atoms with Gasteiger partial charge in [-0.05, 0) is 18.9 Å². The fourth-order valence-corrected chi connectivity index (χ4v) is 2.83. The molecule has 1 aliphatic carbocycles. The lowest BCUT2D eigenvalue weighted by molar-refractivity contribution is 0.0972. The summed E-state index contributed by atoms with van der Waals surface area (Å²) in [5.41, 5.74) is 2.11. The monoisotopic (exact) mass is 232 g/mol. The van der Waals surface area contributed by atoms with Crippen molar-refractivity contribution in [1.82, 2.24) is 9.55 Å². The molecule has 3 rings (SSSR count). The van der Waals surface area contributed by atoms with E-state index >= 15 is 0 Å². The molecule has 0 unspecified atom stereocenters. The van der Waals surface area contributed by atoms with E-state index in [1.165, 1.54) is 5.69 Å². The number of rotatable bonds is 2. The highest BCUT2D eigenvalue weighted by molar-refractivity contribution is 7.09. The third-order valence-electron chi connectivity index (χ3n) is 2.99. The van der Waals surface area contributed by atoms with Crippen LogP contribution in [0.2, 0.25) is 0 Å². The van der Waals surface area contributed by atoms with E-state index in [4.69, 9.17) is 0 Å². The zero-order chi connectivity index (χ0) is 11.0. The van der Waals surface area contributed by atoms with Crippen molar-refractivity contribution in [3.8, 4) is 0 Å². The minimum atomic E-state index is 0.291. The van der Waals surface area contributed by atoms with Crippen molar-refractivity contribution in [1.29, 1.82) is 0 Å². The Morgan fingerprint density at radius 3 is 3.19 bits per heavy atom. The molecule has 0 aromatic carbocycles. The summed E-state index contributed by atoms with van der Waals surface area (Å²) in [7, 11) is 0. The molecule has 0 atom stereocenters. The average molecular weight is 232 g/mol. The molecule has 2 aromatic rings. The first-order chi connectivity index (χ1) is 7.84. The highest BCUT2D eigenvalue weighted by atomic mass is 32.1. The molecule has 0 saturated carbocycles. The van der Waals surface area contributed by atoms with Gasteiger partial charge in [0.25, 0.3) is 0 Å². The van der Waals surface area contributed by atoms with Crippen molar-refractivity contribution < 1.29 is 4.79 Å². The lowest BCUT2D eigenvalue weighted by Gasteiger charge is -2.13. The van der Waals surface area contributed by atoms with Crippen LogP contribution >= 0.6 is 11.3 Å². The predicted molar refractivity (Wildman–Crippen MR) is 62.9 cm³/mol. The SMILES string of the molecule is O=C1CCCc2c1ccn2Cc1nccs1. The largest absolute Gasteiger partial charge is 0.344 e. The van der Waals surface area contributed by atoms with Crippen LogP contribution in [0.15, 0.2) is 23.8 Å². The van der Waals surface area contributed by atoms with Crippen LogP contribution in [-0.2, 0) is 13.0 Å². The zero-order valence-electron chi connectivity index (χ0n) is 8.85. The summed E-state index contributed by atoms with van der Waals surface area (Å²) in [6, 6.07) is 1.95. The van der Waals surface area contributed by atoms with Gasteiger partial charge in [0.05, 0.1) is 6.54 Å². The molecule has 0 bridgehead atoms. The minimum Gasteiger partial charge on any atom is -0.344 e. The number of nitrogens with zero attached hydrogens (tertiary/aromatic N) is 2. The second-order valence-corrected chi connectivity index (χ2v) is 4.99. The standard InChI is InChI=1S/C12H12N2OS/c15-11-3-1-2-10-9(11)4-6-14(10)8-12-13-5-7-16-12/h4-7H,1-3,8H2. The number of fused-ring (bicyclic) bond motifs is 1. The molecule has 1 aliphatic rings. The van der Waals surface area contributed by atoms with Crippen LogP contribution in [0.4, 0.5) is 0 Å². The summed E-state index contributed by atoms with van der Waals surface area (Å²) >= 11 is 1.66.